The second-order valence-corrected chi connectivity index (χ2v) is 6.93. The van der Waals surface area contributed by atoms with Gasteiger partial charge in [-0.2, -0.15) is 0 Å². The molecule has 112 valence electrons. The molecule has 2 aromatic rings. The topological polar surface area (TPSA) is 86.9 Å². The van der Waals surface area contributed by atoms with E-state index in [2.05, 4.69) is 20.0 Å². The molecule has 0 aliphatic heterocycles. The van der Waals surface area contributed by atoms with Gasteiger partial charge in [0.05, 0.1) is 17.1 Å². The van der Waals surface area contributed by atoms with Gasteiger partial charge in [-0.15, -0.1) is 0 Å². The Hall–Kier alpha value is -1.70. The van der Waals surface area contributed by atoms with Crippen LogP contribution in [0.2, 0.25) is 0 Å². The lowest BCUT2D eigenvalue weighted by Gasteiger charge is -2.04. The van der Waals surface area contributed by atoms with Crippen molar-refractivity contribution in [3.05, 3.63) is 48.0 Å². The largest absolute Gasteiger partial charge is 0.363 e. The standard InChI is InChI=1S/C14H18N4O2S/c19-21(20,18-9-12-3-1-2-6-15-12)14-7-13(17-10-14)8-16-11-4-5-11/h1-3,6-7,10-11,16-18H,4-5,8-9H2. The highest BCUT2D eigenvalue weighted by atomic mass is 32.2. The molecule has 0 aromatic carbocycles. The van der Waals surface area contributed by atoms with E-state index in [1.807, 2.05) is 6.07 Å². The normalized spacial score (nSPS) is 15.2. The van der Waals surface area contributed by atoms with Crippen molar-refractivity contribution < 1.29 is 8.42 Å². The lowest BCUT2D eigenvalue weighted by atomic mass is 10.4. The van der Waals surface area contributed by atoms with E-state index < -0.39 is 10.0 Å². The number of H-pyrrole nitrogens is 1. The van der Waals surface area contributed by atoms with Crippen molar-refractivity contribution in [1.82, 2.24) is 20.0 Å². The molecule has 1 fully saturated rings. The molecule has 0 bridgehead atoms. The third-order valence-corrected chi connectivity index (χ3v) is 4.74. The van der Waals surface area contributed by atoms with Crippen molar-refractivity contribution in [2.45, 2.75) is 36.9 Å². The summed E-state index contributed by atoms with van der Waals surface area (Å²) in [5.74, 6) is 0. The minimum Gasteiger partial charge on any atom is -0.363 e. The first-order valence-electron chi connectivity index (χ1n) is 6.94. The number of nitrogens with zero attached hydrogens (tertiary/aromatic N) is 1. The van der Waals surface area contributed by atoms with Crippen LogP contribution in [0.15, 0.2) is 41.6 Å². The van der Waals surface area contributed by atoms with Gasteiger partial charge in [0.1, 0.15) is 0 Å². The second-order valence-electron chi connectivity index (χ2n) is 5.16. The molecule has 0 radical (unpaired) electrons. The third kappa shape index (κ3) is 3.90. The molecule has 21 heavy (non-hydrogen) atoms. The number of sulfonamides is 1. The van der Waals surface area contributed by atoms with Gasteiger partial charge in [-0.05, 0) is 31.0 Å². The predicted octanol–water partition coefficient (Wildman–Crippen LogP) is 1.14. The van der Waals surface area contributed by atoms with Gasteiger partial charge in [0, 0.05) is 30.7 Å². The quantitative estimate of drug-likeness (QED) is 0.716. The van der Waals surface area contributed by atoms with Crippen LogP contribution in [-0.2, 0) is 23.1 Å². The summed E-state index contributed by atoms with van der Waals surface area (Å²) < 4.78 is 26.9. The minimum absolute atomic E-state index is 0.185. The van der Waals surface area contributed by atoms with E-state index in [0.29, 0.717) is 18.3 Å². The van der Waals surface area contributed by atoms with Crippen LogP contribution in [0.3, 0.4) is 0 Å². The Morgan fingerprint density at radius 1 is 1.29 bits per heavy atom. The van der Waals surface area contributed by atoms with Crippen molar-refractivity contribution in [2.24, 2.45) is 0 Å². The molecule has 0 spiro atoms. The number of aromatic nitrogens is 2. The van der Waals surface area contributed by atoms with E-state index in [0.717, 1.165) is 5.69 Å². The van der Waals surface area contributed by atoms with Crippen LogP contribution in [0.25, 0.3) is 0 Å². The molecule has 0 amide bonds. The summed E-state index contributed by atoms with van der Waals surface area (Å²) >= 11 is 0. The summed E-state index contributed by atoms with van der Waals surface area (Å²) in [6.45, 7) is 0.852. The van der Waals surface area contributed by atoms with E-state index in [1.54, 1.807) is 24.4 Å². The highest BCUT2D eigenvalue weighted by molar-refractivity contribution is 7.89. The molecule has 2 aromatic heterocycles. The third-order valence-electron chi connectivity index (χ3n) is 3.35. The number of pyridine rings is 1. The Kier molecular flexibility index (Phi) is 4.05. The number of aromatic amines is 1. The maximum Gasteiger partial charge on any atom is 0.242 e. The maximum absolute atomic E-state index is 12.2. The van der Waals surface area contributed by atoms with Gasteiger partial charge < -0.3 is 10.3 Å². The first-order chi connectivity index (χ1) is 10.1. The van der Waals surface area contributed by atoms with E-state index in [4.69, 9.17) is 0 Å². The van der Waals surface area contributed by atoms with Crippen molar-refractivity contribution in [2.75, 3.05) is 0 Å². The van der Waals surface area contributed by atoms with Crippen molar-refractivity contribution in [1.29, 1.82) is 0 Å². The minimum atomic E-state index is -3.51. The average Bonchev–Trinajstić information content (AvgIpc) is 3.20. The molecule has 7 heteroatoms. The monoisotopic (exact) mass is 306 g/mol. The zero-order valence-corrected chi connectivity index (χ0v) is 12.4. The summed E-state index contributed by atoms with van der Waals surface area (Å²) in [6, 6.07) is 7.66. The van der Waals surface area contributed by atoms with Gasteiger partial charge in [-0.1, -0.05) is 6.07 Å². The first-order valence-corrected chi connectivity index (χ1v) is 8.42. The van der Waals surface area contributed by atoms with Crippen LogP contribution in [0, 0.1) is 0 Å². The molecule has 0 saturated heterocycles. The fraction of sp³-hybridized carbons (Fsp3) is 0.357. The molecular formula is C14H18N4O2S. The van der Waals surface area contributed by atoms with Crippen LogP contribution < -0.4 is 10.0 Å². The molecule has 0 atom stereocenters. The van der Waals surface area contributed by atoms with Crippen LogP contribution >= 0.6 is 0 Å². The highest BCUT2D eigenvalue weighted by Gasteiger charge is 2.21. The van der Waals surface area contributed by atoms with E-state index in [9.17, 15) is 8.42 Å². The van der Waals surface area contributed by atoms with Crippen molar-refractivity contribution in [3.8, 4) is 0 Å². The zero-order valence-electron chi connectivity index (χ0n) is 11.5. The van der Waals surface area contributed by atoms with Gasteiger partial charge in [-0.3, -0.25) is 4.98 Å². The summed E-state index contributed by atoms with van der Waals surface area (Å²) in [4.78, 5) is 7.34. The Morgan fingerprint density at radius 2 is 2.14 bits per heavy atom. The van der Waals surface area contributed by atoms with Crippen molar-refractivity contribution in [3.63, 3.8) is 0 Å². The number of hydrogen-bond acceptors (Lipinski definition) is 4. The second kappa shape index (κ2) is 5.97. The molecule has 1 aliphatic rings. The molecule has 1 saturated carbocycles. The zero-order chi connectivity index (χ0) is 14.7. The lowest BCUT2D eigenvalue weighted by molar-refractivity contribution is 0.580. The summed E-state index contributed by atoms with van der Waals surface area (Å²) in [6.07, 6.45) is 5.57. The average molecular weight is 306 g/mol. The van der Waals surface area contributed by atoms with E-state index in [1.165, 1.54) is 19.0 Å². The summed E-state index contributed by atoms with van der Waals surface area (Å²) in [7, 11) is -3.51. The summed E-state index contributed by atoms with van der Waals surface area (Å²) in [5.41, 5.74) is 1.56. The fourth-order valence-corrected chi connectivity index (χ4v) is 2.99. The number of nitrogens with one attached hydrogen (secondary N) is 3. The Labute approximate surface area is 124 Å². The molecule has 3 N–H and O–H groups in total. The maximum atomic E-state index is 12.2. The molecule has 3 rings (SSSR count). The molecule has 1 aliphatic carbocycles. The van der Waals surface area contributed by atoms with Gasteiger partial charge in [0.25, 0.3) is 0 Å². The van der Waals surface area contributed by atoms with Crippen LogP contribution in [-0.4, -0.2) is 24.4 Å². The van der Waals surface area contributed by atoms with Gasteiger partial charge >= 0.3 is 0 Å². The number of rotatable bonds is 7. The number of hydrogen-bond donors (Lipinski definition) is 3. The van der Waals surface area contributed by atoms with Gasteiger partial charge in [0.2, 0.25) is 10.0 Å². The van der Waals surface area contributed by atoms with Crippen LogP contribution in [0.1, 0.15) is 24.2 Å². The Morgan fingerprint density at radius 3 is 2.86 bits per heavy atom. The molecule has 0 unspecified atom stereocenters. The smallest absolute Gasteiger partial charge is 0.242 e. The SMILES string of the molecule is O=S(=O)(NCc1ccccn1)c1c[nH]c(CNC2CC2)c1. The van der Waals surface area contributed by atoms with E-state index >= 15 is 0 Å². The van der Waals surface area contributed by atoms with Crippen LogP contribution in [0.4, 0.5) is 0 Å². The van der Waals surface area contributed by atoms with Gasteiger partial charge in [-0.25, -0.2) is 13.1 Å². The van der Waals surface area contributed by atoms with Crippen LogP contribution in [0.5, 0.6) is 0 Å². The first kappa shape index (κ1) is 14.2. The molecule has 2 heterocycles. The molecular weight excluding hydrogens is 288 g/mol. The highest BCUT2D eigenvalue weighted by Crippen LogP contribution is 2.19. The molecule has 6 nitrogen and oxygen atoms in total. The lowest BCUT2D eigenvalue weighted by Crippen LogP contribution is -2.23. The fourth-order valence-electron chi connectivity index (χ4n) is 1.97. The van der Waals surface area contributed by atoms with Gasteiger partial charge in [0.15, 0.2) is 0 Å². The predicted molar refractivity (Wildman–Crippen MR) is 78.9 cm³/mol. The summed E-state index contributed by atoms with van der Waals surface area (Å²) in [5, 5.41) is 3.34. The van der Waals surface area contributed by atoms with Crippen molar-refractivity contribution >= 4 is 10.0 Å². The Bertz CT molecular complexity index is 693. The van der Waals surface area contributed by atoms with E-state index in [-0.39, 0.29) is 11.4 Å². The Balaban J connectivity index is 1.61.